The van der Waals surface area contributed by atoms with Crippen LogP contribution in [0.25, 0.3) is 10.6 Å². The van der Waals surface area contributed by atoms with Gasteiger partial charge in [0, 0.05) is 11.6 Å². The predicted octanol–water partition coefficient (Wildman–Crippen LogP) is 3.02. The van der Waals surface area contributed by atoms with Gasteiger partial charge in [-0.15, -0.1) is 11.3 Å². The number of hydrogen-bond donors (Lipinski definition) is 2. The standard InChI is InChI=1S/C13H12FNO2S/c14-9-6-7(16)4-5-8(9)13-15-10-2-1-3-11(17)12(10)18-13/h4-6,11,16-17H,1-3H2. The molecule has 1 unspecified atom stereocenters. The van der Waals surface area contributed by atoms with Gasteiger partial charge >= 0.3 is 0 Å². The summed E-state index contributed by atoms with van der Waals surface area (Å²) in [4.78, 5) is 5.25. The van der Waals surface area contributed by atoms with Crippen molar-refractivity contribution in [2.75, 3.05) is 0 Å². The summed E-state index contributed by atoms with van der Waals surface area (Å²) >= 11 is 1.33. The van der Waals surface area contributed by atoms with Crippen molar-refractivity contribution in [2.24, 2.45) is 0 Å². The van der Waals surface area contributed by atoms with Crippen LogP contribution in [0, 0.1) is 5.82 Å². The molecule has 3 rings (SSSR count). The summed E-state index contributed by atoms with van der Waals surface area (Å²) in [7, 11) is 0. The summed E-state index contributed by atoms with van der Waals surface area (Å²) in [6, 6.07) is 4.03. The zero-order chi connectivity index (χ0) is 12.7. The van der Waals surface area contributed by atoms with Crippen molar-refractivity contribution >= 4 is 11.3 Å². The fourth-order valence-corrected chi connectivity index (χ4v) is 3.35. The first kappa shape index (κ1) is 11.6. The van der Waals surface area contributed by atoms with Crippen molar-refractivity contribution in [1.82, 2.24) is 4.98 Å². The van der Waals surface area contributed by atoms with E-state index < -0.39 is 11.9 Å². The minimum absolute atomic E-state index is 0.0994. The van der Waals surface area contributed by atoms with E-state index in [1.807, 2.05) is 0 Å². The lowest BCUT2D eigenvalue weighted by atomic mass is 10.0. The molecule has 1 aliphatic rings. The Morgan fingerprint density at radius 3 is 2.94 bits per heavy atom. The molecule has 1 aromatic carbocycles. The first-order valence-corrected chi connectivity index (χ1v) is 6.63. The summed E-state index contributed by atoms with van der Waals surface area (Å²) in [5.74, 6) is -0.590. The fourth-order valence-electron chi connectivity index (χ4n) is 2.19. The van der Waals surface area contributed by atoms with Crippen LogP contribution in [0.4, 0.5) is 4.39 Å². The summed E-state index contributed by atoms with van der Waals surface area (Å²) in [6.07, 6.45) is 2.02. The number of aliphatic hydroxyl groups excluding tert-OH is 1. The quantitative estimate of drug-likeness (QED) is 0.833. The Morgan fingerprint density at radius 1 is 1.39 bits per heavy atom. The van der Waals surface area contributed by atoms with Crippen LogP contribution in [0.2, 0.25) is 0 Å². The number of benzene rings is 1. The molecule has 2 aromatic rings. The van der Waals surface area contributed by atoms with E-state index in [9.17, 15) is 14.6 Å². The van der Waals surface area contributed by atoms with E-state index in [1.54, 1.807) is 0 Å². The molecule has 3 nitrogen and oxygen atoms in total. The van der Waals surface area contributed by atoms with Crippen LogP contribution in [0.5, 0.6) is 5.75 Å². The number of aromatic nitrogens is 1. The number of aromatic hydroxyl groups is 1. The summed E-state index contributed by atoms with van der Waals surface area (Å²) in [5.41, 5.74) is 1.25. The van der Waals surface area contributed by atoms with Crippen LogP contribution in [-0.2, 0) is 6.42 Å². The van der Waals surface area contributed by atoms with Crippen LogP contribution < -0.4 is 0 Å². The van der Waals surface area contributed by atoms with Gasteiger partial charge in [-0.05, 0) is 31.4 Å². The summed E-state index contributed by atoms with van der Waals surface area (Å²) in [5, 5.41) is 19.6. The van der Waals surface area contributed by atoms with E-state index >= 15 is 0 Å². The van der Waals surface area contributed by atoms with E-state index in [0.29, 0.717) is 10.6 Å². The molecule has 0 radical (unpaired) electrons. The van der Waals surface area contributed by atoms with Crippen LogP contribution in [0.15, 0.2) is 18.2 Å². The van der Waals surface area contributed by atoms with Crippen LogP contribution in [-0.4, -0.2) is 15.2 Å². The molecule has 0 amide bonds. The second kappa shape index (κ2) is 4.33. The number of hydrogen-bond acceptors (Lipinski definition) is 4. The molecular weight excluding hydrogens is 253 g/mol. The van der Waals surface area contributed by atoms with Crippen molar-refractivity contribution in [1.29, 1.82) is 0 Å². The lowest BCUT2D eigenvalue weighted by Crippen LogP contribution is -2.06. The lowest BCUT2D eigenvalue weighted by molar-refractivity contribution is 0.160. The fraction of sp³-hybridized carbons (Fsp3) is 0.308. The maximum Gasteiger partial charge on any atom is 0.137 e. The molecule has 0 bridgehead atoms. The first-order valence-electron chi connectivity index (χ1n) is 5.81. The van der Waals surface area contributed by atoms with E-state index in [1.165, 1.54) is 23.5 Å². The molecule has 2 N–H and O–H groups in total. The second-order valence-electron chi connectivity index (χ2n) is 4.40. The third-order valence-electron chi connectivity index (χ3n) is 3.10. The average molecular weight is 265 g/mol. The lowest BCUT2D eigenvalue weighted by Gasteiger charge is -2.14. The van der Waals surface area contributed by atoms with E-state index in [0.717, 1.165) is 35.9 Å². The molecule has 18 heavy (non-hydrogen) atoms. The maximum atomic E-state index is 13.7. The largest absolute Gasteiger partial charge is 0.508 e. The van der Waals surface area contributed by atoms with Crippen molar-refractivity contribution < 1.29 is 14.6 Å². The molecule has 1 heterocycles. The normalized spacial score (nSPS) is 18.7. The highest BCUT2D eigenvalue weighted by atomic mass is 32.1. The Bertz CT molecular complexity index is 597. The van der Waals surface area contributed by atoms with Crippen molar-refractivity contribution in [2.45, 2.75) is 25.4 Å². The Labute approximate surface area is 108 Å². The Balaban J connectivity index is 2.07. The van der Waals surface area contributed by atoms with Gasteiger partial charge in [0.15, 0.2) is 0 Å². The van der Waals surface area contributed by atoms with Gasteiger partial charge in [-0.3, -0.25) is 0 Å². The van der Waals surface area contributed by atoms with Gasteiger partial charge in [-0.25, -0.2) is 9.37 Å². The van der Waals surface area contributed by atoms with Gasteiger partial charge in [-0.2, -0.15) is 0 Å². The van der Waals surface area contributed by atoms with Crippen LogP contribution in [0.1, 0.15) is 29.5 Å². The van der Waals surface area contributed by atoms with Gasteiger partial charge in [0.25, 0.3) is 0 Å². The minimum atomic E-state index is -0.490. The molecule has 0 saturated heterocycles. The van der Waals surface area contributed by atoms with E-state index in [4.69, 9.17) is 0 Å². The highest BCUT2D eigenvalue weighted by molar-refractivity contribution is 7.15. The minimum Gasteiger partial charge on any atom is -0.508 e. The van der Waals surface area contributed by atoms with E-state index in [-0.39, 0.29) is 5.75 Å². The van der Waals surface area contributed by atoms with Gasteiger partial charge in [0.05, 0.1) is 16.7 Å². The molecule has 5 heteroatoms. The predicted molar refractivity (Wildman–Crippen MR) is 67.1 cm³/mol. The number of nitrogens with zero attached hydrogens (tertiary/aromatic N) is 1. The summed E-state index contributed by atoms with van der Waals surface area (Å²) < 4.78 is 13.7. The third-order valence-corrected chi connectivity index (χ3v) is 4.34. The molecule has 0 aliphatic heterocycles. The number of aliphatic hydroxyl groups is 1. The molecule has 0 saturated carbocycles. The molecule has 0 spiro atoms. The average Bonchev–Trinajstić information content (AvgIpc) is 2.74. The number of phenols is 1. The zero-order valence-electron chi connectivity index (χ0n) is 9.56. The van der Waals surface area contributed by atoms with E-state index in [2.05, 4.69) is 4.98 Å². The number of aryl methyl sites for hydroxylation is 1. The third kappa shape index (κ3) is 1.89. The molecule has 0 fully saturated rings. The van der Waals surface area contributed by atoms with Gasteiger partial charge < -0.3 is 10.2 Å². The number of thiazole rings is 1. The van der Waals surface area contributed by atoms with Crippen molar-refractivity contribution in [3.05, 3.63) is 34.6 Å². The Kier molecular flexibility index (Phi) is 2.80. The van der Waals surface area contributed by atoms with Gasteiger partial charge in [0.1, 0.15) is 16.6 Å². The smallest absolute Gasteiger partial charge is 0.137 e. The SMILES string of the molecule is Oc1ccc(-c2nc3c(s2)C(O)CCC3)c(F)c1. The summed E-state index contributed by atoms with van der Waals surface area (Å²) in [6.45, 7) is 0. The second-order valence-corrected chi connectivity index (χ2v) is 5.43. The maximum absolute atomic E-state index is 13.7. The number of fused-ring (bicyclic) bond motifs is 1. The number of halogens is 1. The molecule has 94 valence electrons. The van der Waals surface area contributed by atoms with Crippen molar-refractivity contribution in [3.63, 3.8) is 0 Å². The molecule has 1 aromatic heterocycles. The zero-order valence-corrected chi connectivity index (χ0v) is 10.4. The number of rotatable bonds is 1. The molecule has 1 aliphatic carbocycles. The monoisotopic (exact) mass is 265 g/mol. The van der Waals surface area contributed by atoms with Gasteiger partial charge in [0.2, 0.25) is 0 Å². The molecule has 1 atom stereocenters. The van der Waals surface area contributed by atoms with Gasteiger partial charge in [-0.1, -0.05) is 0 Å². The highest BCUT2D eigenvalue weighted by Crippen LogP contribution is 2.38. The first-order chi connectivity index (χ1) is 8.65. The molecular formula is C13H12FNO2S. The Hall–Kier alpha value is -1.46. The van der Waals surface area contributed by atoms with Crippen LogP contribution >= 0.6 is 11.3 Å². The van der Waals surface area contributed by atoms with Crippen LogP contribution in [0.3, 0.4) is 0 Å². The van der Waals surface area contributed by atoms with Crippen molar-refractivity contribution in [3.8, 4) is 16.3 Å². The highest BCUT2D eigenvalue weighted by Gasteiger charge is 2.23. The Morgan fingerprint density at radius 2 is 2.22 bits per heavy atom. The number of phenolic OH excluding ortho intramolecular Hbond substituents is 1. The topological polar surface area (TPSA) is 53.4 Å².